The van der Waals surface area contributed by atoms with E-state index in [-0.39, 0.29) is 18.2 Å². The number of carbonyl (C=O) groups excluding carboxylic acids is 2. The maximum atomic E-state index is 13.8. The number of aryl methyl sites for hydroxylation is 1. The Balaban J connectivity index is 1.74. The van der Waals surface area contributed by atoms with Gasteiger partial charge in [0.1, 0.15) is 11.6 Å². The van der Waals surface area contributed by atoms with Crippen LogP contribution in [0.1, 0.15) is 12.0 Å². The smallest absolute Gasteiger partial charge is 0.246 e. The summed E-state index contributed by atoms with van der Waals surface area (Å²) in [5.41, 5.74) is 1.83. The second kappa shape index (κ2) is 10.2. The number of rotatable bonds is 6. The second-order valence-corrected chi connectivity index (χ2v) is 7.99. The van der Waals surface area contributed by atoms with Gasteiger partial charge >= 0.3 is 0 Å². The van der Waals surface area contributed by atoms with E-state index < -0.39 is 5.82 Å². The topological polar surface area (TPSA) is 49.9 Å². The molecule has 164 valence electrons. The highest BCUT2D eigenvalue weighted by Gasteiger charge is 2.23. The first-order chi connectivity index (χ1) is 14.8. The summed E-state index contributed by atoms with van der Waals surface area (Å²) in [6, 6.07) is 7.53. The Bertz CT molecular complexity index is 1000. The number of carbonyl (C=O) groups is 2. The van der Waals surface area contributed by atoms with Gasteiger partial charge in [-0.1, -0.05) is 29.8 Å². The molecule has 0 radical (unpaired) electrons. The fourth-order valence-electron chi connectivity index (χ4n) is 3.60. The third kappa shape index (κ3) is 5.38. The summed E-state index contributed by atoms with van der Waals surface area (Å²) in [5.74, 6) is 0.00199. The third-order valence-electron chi connectivity index (χ3n) is 5.32. The first-order valence-corrected chi connectivity index (χ1v) is 10.6. The van der Waals surface area contributed by atoms with Crippen LogP contribution >= 0.6 is 23.2 Å². The van der Waals surface area contributed by atoms with Crippen molar-refractivity contribution in [2.75, 3.05) is 33.3 Å². The van der Waals surface area contributed by atoms with Crippen molar-refractivity contribution < 1.29 is 18.7 Å². The Labute approximate surface area is 191 Å². The van der Waals surface area contributed by atoms with E-state index in [0.29, 0.717) is 59.5 Å². The summed E-state index contributed by atoms with van der Waals surface area (Å²) in [4.78, 5) is 27.8. The Kier molecular flexibility index (Phi) is 7.57. The van der Waals surface area contributed by atoms with Crippen LogP contribution in [0.25, 0.3) is 11.1 Å². The molecule has 0 aliphatic carbocycles. The SMILES string of the molecule is C=CC(=O)N1CCN(C(=O)CCc2cc(-c3cc(F)ccc3Cl)c(Cl)cc2OC)CC1. The van der Waals surface area contributed by atoms with Gasteiger partial charge in [-0.3, -0.25) is 9.59 Å². The van der Waals surface area contributed by atoms with E-state index >= 15 is 0 Å². The van der Waals surface area contributed by atoms with E-state index in [2.05, 4.69) is 6.58 Å². The molecule has 1 saturated heterocycles. The molecule has 0 spiro atoms. The van der Waals surface area contributed by atoms with E-state index in [1.807, 2.05) is 0 Å². The van der Waals surface area contributed by atoms with Crippen LogP contribution in [0.3, 0.4) is 0 Å². The van der Waals surface area contributed by atoms with Crippen LogP contribution < -0.4 is 4.74 Å². The van der Waals surface area contributed by atoms with Crippen molar-refractivity contribution >= 4 is 35.0 Å². The molecule has 5 nitrogen and oxygen atoms in total. The van der Waals surface area contributed by atoms with Crippen molar-refractivity contribution in [2.45, 2.75) is 12.8 Å². The van der Waals surface area contributed by atoms with Crippen molar-refractivity contribution in [1.82, 2.24) is 9.80 Å². The lowest BCUT2D eigenvalue weighted by Gasteiger charge is -2.34. The molecule has 0 unspecified atom stereocenters. The van der Waals surface area contributed by atoms with Crippen molar-refractivity contribution in [3.63, 3.8) is 0 Å². The summed E-state index contributed by atoms with van der Waals surface area (Å²) >= 11 is 12.6. The molecular weight excluding hydrogens is 442 g/mol. The van der Waals surface area contributed by atoms with Crippen molar-refractivity contribution in [3.05, 3.63) is 64.4 Å². The van der Waals surface area contributed by atoms with Gasteiger partial charge in [0.2, 0.25) is 11.8 Å². The summed E-state index contributed by atoms with van der Waals surface area (Å²) in [5, 5.41) is 0.755. The maximum absolute atomic E-state index is 13.8. The first kappa shape index (κ1) is 23.1. The van der Waals surface area contributed by atoms with Gasteiger partial charge in [-0.05, 0) is 48.4 Å². The average molecular weight is 465 g/mol. The van der Waals surface area contributed by atoms with Gasteiger partial charge in [-0.2, -0.15) is 0 Å². The van der Waals surface area contributed by atoms with Crippen LogP contribution in [-0.2, 0) is 16.0 Å². The van der Waals surface area contributed by atoms with Gasteiger partial charge in [0.05, 0.1) is 12.1 Å². The normalized spacial score (nSPS) is 13.8. The Hall–Kier alpha value is -2.57. The van der Waals surface area contributed by atoms with Gasteiger partial charge < -0.3 is 14.5 Å². The number of hydrogen-bond donors (Lipinski definition) is 0. The van der Waals surface area contributed by atoms with Gasteiger partial charge in [-0.25, -0.2) is 4.39 Å². The molecule has 0 bridgehead atoms. The van der Waals surface area contributed by atoms with Crippen molar-refractivity contribution in [1.29, 1.82) is 0 Å². The lowest BCUT2D eigenvalue weighted by Crippen LogP contribution is -2.50. The molecule has 2 aromatic carbocycles. The fourth-order valence-corrected chi connectivity index (χ4v) is 4.08. The minimum absolute atomic E-state index is 0.00644. The number of benzene rings is 2. The van der Waals surface area contributed by atoms with Crippen molar-refractivity contribution in [3.8, 4) is 16.9 Å². The zero-order valence-corrected chi connectivity index (χ0v) is 18.7. The van der Waals surface area contributed by atoms with Crippen molar-refractivity contribution in [2.24, 2.45) is 0 Å². The molecule has 1 heterocycles. The molecule has 1 aliphatic heterocycles. The van der Waals surface area contributed by atoms with E-state index in [9.17, 15) is 14.0 Å². The fraction of sp³-hybridized carbons (Fsp3) is 0.304. The van der Waals surface area contributed by atoms with E-state index in [0.717, 1.165) is 5.56 Å². The molecule has 31 heavy (non-hydrogen) atoms. The van der Waals surface area contributed by atoms with Crippen LogP contribution in [0.4, 0.5) is 4.39 Å². The van der Waals surface area contributed by atoms with Crippen LogP contribution in [0, 0.1) is 5.82 Å². The number of hydrogen-bond acceptors (Lipinski definition) is 3. The largest absolute Gasteiger partial charge is 0.496 e. The molecule has 2 aromatic rings. The van der Waals surface area contributed by atoms with Crippen LogP contribution in [-0.4, -0.2) is 54.9 Å². The third-order valence-corrected chi connectivity index (χ3v) is 5.96. The molecule has 1 fully saturated rings. The first-order valence-electron chi connectivity index (χ1n) is 9.85. The highest BCUT2D eigenvalue weighted by molar-refractivity contribution is 6.36. The number of ether oxygens (including phenoxy) is 1. The highest BCUT2D eigenvalue weighted by Crippen LogP contribution is 2.38. The highest BCUT2D eigenvalue weighted by atomic mass is 35.5. The van der Waals surface area contributed by atoms with Gasteiger partial charge in [0.25, 0.3) is 0 Å². The Morgan fingerprint density at radius 1 is 1.06 bits per heavy atom. The number of amides is 2. The molecule has 0 aromatic heterocycles. The number of halogens is 3. The molecular formula is C23H23Cl2FN2O3. The van der Waals surface area contributed by atoms with Crippen LogP contribution in [0.2, 0.25) is 10.0 Å². The van der Waals surface area contributed by atoms with Gasteiger partial charge in [0, 0.05) is 48.7 Å². The zero-order chi connectivity index (χ0) is 22.5. The predicted molar refractivity (Wildman–Crippen MR) is 120 cm³/mol. The predicted octanol–water partition coefficient (Wildman–Crippen LogP) is 4.60. The average Bonchev–Trinajstić information content (AvgIpc) is 2.79. The standard InChI is InChI=1S/C23H23Cl2FN2O3/c1-3-22(29)27-8-10-28(11-9-27)23(30)7-4-15-12-17(20(25)14-21(15)31-2)18-13-16(26)5-6-19(18)24/h3,5-6,12-14H,1,4,7-11H2,2H3. The minimum Gasteiger partial charge on any atom is -0.496 e. The number of methoxy groups -OCH3 is 1. The molecule has 0 saturated carbocycles. The Morgan fingerprint density at radius 3 is 2.35 bits per heavy atom. The maximum Gasteiger partial charge on any atom is 0.246 e. The Morgan fingerprint density at radius 2 is 1.71 bits per heavy atom. The summed E-state index contributed by atoms with van der Waals surface area (Å²) in [7, 11) is 1.53. The monoisotopic (exact) mass is 464 g/mol. The molecule has 8 heteroatoms. The molecule has 0 N–H and O–H groups in total. The van der Waals surface area contributed by atoms with E-state index in [4.69, 9.17) is 27.9 Å². The molecule has 0 atom stereocenters. The van der Waals surface area contributed by atoms with E-state index in [1.165, 1.54) is 31.4 Å². The van der Waals surface area contributed by atoms with Crippen LogP contribution in [0.15, 0.2) is 43.0 Å². The number of piperazine rings is 1. The quantitative estimate of drug-likeness (QED) is 0.587. The van der Waals surface area contributed by atoms with E-state index in [1.54, 1.807) is 21.9 Å². The lowest BCUT2D eigenvalue weighted by molar-refractivity contribution is -0.137. The second-order valence-electron chi connectivity index (χ2n) is 7.18. The molecule has 3 rings (SSSR count). The molecule has 1 aliphatic rings. The summed E-state index contributed by atoms with van der Waals surface area (Å²) < 4.78 is 19.2. The number of nitrogens with zero attached hydrogens (tertiary/aromatic N) is 2. The molecule has 2 amide bonds. The zero-order valence-electron chi connectivity index (χ0n) is 17.2. The lowest BCUT2D eigenvalue weighted by atomic mass is 9.99. The summed E-state index contributed by atoms with van der Waals surface area (Å²) in [6.45, 7) is 5.44. The minimum atomic E-state index is -0.419. The van der Waals surface area contributed by atoms with Gasteiger partial charge in [-0.15, -0.1) is 0 Å². The summed E-state index contributed by atoms with van der Waals surface area (Å²) in [6.07, 6.45) is 1.97. The van der Waals surface area contributed by atoms with Gasteiger partial charge in [0.15, 0.2) is 0 Å². The van der Waals surface area contributed by atoms with Crippen LogP contribution in [0.5, 0.6) is 5.75 Å².